The summed E-state index contributed by atoms with van der Waals surface area (Å²) in [5.74, 6) is 0.505. The molecule has 1 unspecified atom stereocenters. The first kappa shape index (κ1) is 14.8. The van der Waals surface area contributed by atoms with Gasteiger partial charge in [-0.25, -0.2) is 4.98 Å². The van der Waals surface area contributed by atoms with Crippen molar-refractivity contribution in [2.45, 2.75) is 45.1 Å². The summed E-state index contributed by atoms with van der Waals surface area (Å²) in [5, 5.41) is 6.33. The van der Waals surface area contributed by atoms with Crippen molar-refractivity contribution in [3.05, 3.63) is 18.3 Å². The Hall–Kier alpha value is -1.62. The number of nitrogens with one attached hydrogen (secondary N) is 2. The van der Waals surface area contributed by atoms with E-state index in [9.17, 15) is 4.79 Å². The number of ether oxygens (including phenoxy) is 1. The highest BCUT2D eigenvalue weighted by atomic mass is 16.5. The molecule has 0 bridgehead atoms. The number of rotatable bonds is 6. The molecule has 0 radical (unpaired) electrons. The molecule has 2 heterocycles. The van der Waals surface area contributed by atoms with Crippen LogP contribution in [0.1, 0.15) is 39.0 Å². The molecular formula is C15H23N3O2. The van der Waals surface area contributed by atoms with Crippen molar-refractivity contribution in [2.75, 3.05) is 18.5 Å². The summed E-state index contributed by atoms with van der Waals surface area (Å²) >= 11 is 0. The van der Waals surface area contributed by atoms with Crippen LogP contribution in [0.3, 0.4) is 0 Å². The Labute approximate surface area is 120 Å². The fourth-order valence-electron chi connectivity index (χ4n) is 2.43. The van der Waals surface area contributed by atoms with Gasteiger partial charge in [0.2, 0.25) is 11.8 Å². The Bertz CT molecular complexity index is 431. The molecule has 2 N–H and O–H groups in total. The highest BCUT2D eigenvalue weighted by Crippen LogP contribution is 2.21. The fourth-order valence-corrected chi connectivity index (χ4v) is 2.43. The number of carbonyl (C=O) groups excluding carboxylic acids is 1. The van der Waals surface area contributed by atoms with Gasteiger partial charge in [-0.15, -0.1) is 0 Å². The minimum Gasteiger partial charge on any atom is -0.476 e. The van der Waals surface area contributed by atoms with Gasteiger partial charge in [-0.2, -0.15) is 0 Å². The Morgan fingerprint density at radius 1 is 1.55 bits per heavy atom. The van der Waals surface area contributed by atoms with Crippen LogP contribution in [0.5, 0.6) is 5.88 Å². The zero-order chi connectivity index (χ0) is 14.2. The Morgan fingerprint density at radius 3 is 3.20 bits per heavy atom. The van der Waals surface area contributed by atoms with Gasteiger partial charge in [-0.1, -0.05) is 6.42 Å². The lowest BCUT2D eigenvalue weighted by atomic mass is 10.0. The lowest BCUT2D eigenvalue weighted by Crippen LogP contribution is -2.34. The summed E-state index contributed by atoms with van der Waals surface area (Å²) < 4.78 is 5.39. The summed E-state index contributed by atoms with van der Waals surface area (Å²) in [5.41, 5.74) is 0.649. The van der Waals surface area contributed by atoms with Crippen molar-refractivity contribution >= 4 is 11.6 Å². The third-order valence-corrected chi connectivity index (χ3v) is 3.46. The molecular weight excluding hydrogens is 254 g/mol. The average Bonchev–Trinajstić information content (AvgIpc) is 2.49. The largest absolute Gasteiger partial charge is 0.476 e. The second kappa shape index (κ2) is 7.85. The lowest BCUT2D eigenvalue weighted by Gasteiger charge is -2.23. The van der Waals surface area contributed by atoms with Crippen LogP contribution in [0.15, 0.2) is 18.3 Å². The Morgan fingerprint density at radius 2 is 2.45 bits per heavy atom. The van der Waals surface area contributed by atoms with Crippen molar-refractivity contribution in [3.63, 3.8) is 0 Å². The quantitative estimate of drug-likeness (QED) is 0.837. The molecule has 5 nitrogen and oxygen atoms in total. The molecule has 1 aliphatic heterocycles. The third kappa shape index (κ3) is 4.49. The first-order valence-electron chi connectivity index (χ1n) is 7.40. The van der Waals surface area contributed by atoms with Gasteiger partial charge in [0.1, 0.15) is 5.69 Å². The molecule has 1 aliphatic rings. The van der Waals surface area contributed by atoms with Crippen LogP contribution >= 0.6 is 0 Å². The van der Waals surface area contributed by atoms with Gasteiger partial charge < -0.3 is 15.4 Å². The van der Waals surface area contributed by atoms with Gasteiger partial charge >= 0.3 is 0 Å². The highest BCUT2D eigenvalue weighted by molar-refractivity contribution is 5.91. The molecule has 0 saturated carbocycles. The Kier molecular flexibility index (Phi) is 5.80. The van der Waals surface area contributed by atoms with Gasteiger partial charge in [0.25, 0.3) is 0 Å². The maximum Gasteiger partial charge on any atom is 0.237 e. The van der Waals surface area contributed by atoms with Crippen molar-refractivity contribution < 1.29 is 9.53 Å². The summed E-state index contributed by atoms with van der Waals surface area (Å²) in [6, 6.07) is 4.09. The predicted octanol–water partition coefficient (Wildman–Crippen LogP) is 2.34. The van der Waals surface area contributed by atoms with Gasteiger partial charge in [0.15, 0.2) is 0 Å². The smallest absolute Gasteiger partial charge is 0.237 e. The molecule has 1 saturated heterocycles. The van der Waals surface area contributed by atoms with Crippen LogP contribution in [0.4, 0.5) is 5.69 Å². The van der Waals surface area contributed by atoms with Crippen molar-refractivity contribution in [3.8, 4) is 5.88 Å². The maximum absolute atomic E-state index is 12.0. The molecule has 0 aliphatic carbocycles. The number of amides is 1. The molecule has 5 heteroatoms. The molecule has 110 valence electrons. The minimum atomic E-state index is 0.0197. The Balaban J connectivity index is 1.81. The molecule has 1 atom stereocenters. The van der Waals surface area contributed by atoms with E-state index in [-0.39, 0.29) is 5.91 Å². The monoisotopic (exact) mass is 277 g/mol. The molecule has 0 spiro atoms. The third-order valence-electron chi connectivity index (χ3n) is 3.46. The molecule has 1 aromatic rings. The zero-order valence-electron chi connectivity index (χ0n) is 12.0. The van der Waals surface area contributed by atoms with Crippen molar-refractivity contribution in [1.29, 1.82) is 0 Å². The normalized spacial score (nSPS) is 18.6. The van der Waals surface area contributed by atoms with E-state index >= 15 is 0 Å². The van der Waals surface area contributed by atoms with E-state index in [0.717, 1.165) is 13.0 Å². The van der Waals surface area contributed by atoms with E-state index < -0.39 is 0 Å². The SMILES string of the molecule is CCOc1ncccc1NC(=O)CCC1CCCCN1. The van der Waals surface area contributed by atoms with Crippen LogP contribution < -0.4 is 15.4 Å². The summed E-state index contributed by atoms with van der Waals surface area (Å²) in [6.45, 7) is 3.50. The summed E-state index contributed by atoms with van der Waals surface area (Å²) in [7, 11) is 0. The molecule has 20 heavy (non-hydrogen) atoms. The average molecular weight is 277 g/mol. The number of aromatic nitrogens is 1. The van der Waals surface area contributed by atoms with E-state index in [1.165, 1.54) is 19.3 Å². The van der Waals surface area contributed by atoms with E-state index in [2.05, 4.69) is 15.6 Å². The van der Waals surface area contributed by atoms with Crippen LogP contribution in [0.2, 0.25) is 0 Å². The van der Waals surface area contributed by atoms with Crippen LogP contribution in [-0.2, 0) is 4.79 Å². The zero-order valence-corrected chi connectivity index (χ0v) is 12.0. The fraction of sp³-hybridized carbons (Fsp3) is 0.600. The predicted molar refractivity (Wildman–Crippen MR) is 78.9 cm³/mol. The first-order valence-corrected chi connectivity index (χ1v) is 7.40. The standard InChI is InChI=1S/C15H23N3O2/c1-2-20-15-13(7-5-11-17-15)18-14(19)9-8-12-6-3-4-10-16-12/h5,7,11-12,16H,2-4,6,8-10H2,1H3,(H,18,19). The van der Waals surface area contributed by atoms with Gasteiger partial charge in [0.05, 0.1) is 6.61 Å². The number of pyridine rings is 1. The first-order chi connectivity index (χ1) is 9.79. The lowest BCUT2D eigenvalue weighted by molar-refractivity contribution is -0.116. The maximum atomic E-state index is 12.0. The molecule has 1 fully saturated rings. The van der Waals surface area contributed by atoms with Gasteiger partial charge in [-0.05, 0) is 44.9 Å². The number of hydrogen-bond acceptors (Lipinski definition) is 4. The molecule has 0 aromatic carbocycles. The summed E-state index contributed by atoms with van der Waals surface area (Å²) in [6.07, 6.45) is 6.75. The number of carbonyl (C=O) groups is 1. The molecule has 2 rings (SSSR count). The van der Waals surface area contributed by atoms with Crippen LogP contribution in [-0.4, -0.2) is 30.1 Å². The number of anilines is 1. The van der Waals surface area contributed by atoms with Crippen LogP contribution in [0, 0.1) is 0 Å². The van der Waals surface area contributed by atoms with Crippen molar-refractivity contribution in [1.82, 2.24) is 10.3 Å². The van der Waals surface area contributed by atoms with E-state index in [0.29, 0.717) is 30.6 Å². The number of nitrogens with zero attached hydrogens (tertiary/aromatic N) is 1. The summed E-state index contributed by atoms with van der Waals surface area (Å²) in [4.78, 5) is 16.1. The molecule has 1 aromatic heterocycles. The minimum absolute atomic E-state index is 0.0197. The second-order valence-corrected chi connectivity index (χ2v) is 5.02. The van der Waals surface area contributed by atoms with E-state index in [1.54, 1.807) is 12.3 Å². The highest BCUT2D eigenvalue weighted by Gasteiger charge is 2.15. The van der Waals surface area contributed by atoms with Crippen molar-refractivity contribution in [2.24, 2.45) is 0 Å². The van der Waals surface area contributed by atoms with E-state index in [4.69, 9.17) is 4.74 Å². The second-order valence-electron chi connectivity index (χ2n) is 5.02. The van der Waals surface area contributed by atoms with Gasteiger partial charge in [-0.3, -0.25) is 4.79 Å². The number of hydrogen-bond donors (Lipinski definition) is 2. The molecule has 1 amide bonds. The van der Waals surface area contributed by atoms with Crippen LogP contribution in [0.25, 0.3) is 0 Å². The topological polar surface area (TPSA) is 63.2 Å². The van der Waals surface area contributed by atoms with Gasteiger partial charge in [0, 0.05) is 18.7 Å². The number of piperidine rings is 1. The van der Waals surface area contributed by atoms with E-state index in [1.807, 2.05) is 13.0 Å².